The predicted molar refractivity (Wildman–Crippen MR) is 141 cm³/mol. The Bertz CT molecular complexity index is 1340. The molecule has 1 aromatic carbocycles. The fraction of sp³-hybridized carbons (Fsp3) is 0.536. The zero-order chi connectivity index (χ0) is 29.4. The number of hydrogen-bond donors (Lipinski definition) is 5. The van der Waals surface area contributed by atoms with Crippen molar-refractivity contribution in [3.63, 3.8) is 0 Å². The van der Waals surface area contributed by atoms with Gasteiger partial charge < -0.3 is 30.9 Å². The van der Waals surface area contributed by atoms with Crippen LogP contribution in [0.3, 0.4) is 0 Å². The molecule has 0 spiro atoms. The molecular weight excluding hydrogens is 506 g/mol. The number of rotatable bonds is 5. The normalized spacial score (nSPS) is 27.1. The highest BCUT2D eigenvalue weighted by Crippen LogP contribution is 2.53. The molecule has 4 rings (SSSR count). The zero-order valence-electron chi connectivity index (χ0n) is 23.3. The van der Waals surface area contributed by atoms with Crippen LogP contribution in [0.15, 0.2) is 28.7 Å². The Labute approximate surface area is 227 Å². The molecule has 0 saturated heterocycles. The minimum Gasteiger partial charge on any atom is -0.510 e. The van der Waals surface area contributed by atoms with E-state index in [0.717, 1.165) is 0 Å². The average molecular weight is 544 g/mol. The minimum absolute atomic E-state index is 0.0157. The van der Waals surface area contributed by atoms with E-state index in [2.05, 4.69) is 4.90 Å². The van der Waals surface area contributed by atoms with Crippen molar-refractivity contribution in [1.82, 2.24) is 9.80 Å². The van der Waals surface area contributed by atoms with Gasteiger partial charge in [0.15, 0.2) is 11.4 Å². The van der Waals surface area contributed by atoms with Crippen LogP contribution in [0.5, 0.6) is 11.5 Å². The van der Waals surface area contributed by atoms with Crippen molar-refractivity contribution in [1.29, 1.82) is 0 Å². The number of nitrogens with two attached hydrogens (primary N) is 1. The van der Waals surface area contributed by atoms with Gasteiger partial charge in [-0.05, 0) is 66.7 Å². The summed E-state index contributed by atoms with van der Waals surface area (Å²) in [5, 5.41) is 44.9. The number of ketones is 2. The number of carbonyl (C=O) groups excluding carboxylic acids is 3. The van der Waals surface area contributed by atoms with Crippen molar-refractivity contribution in [2.24, 2.45) is 17.6 Å². The van der Waals surface area contributed by atoms with Gasteiger partial charge in [0.25, 0.3) is 5.91 Å². The number of phenolic OH excluding ortho intramolecular Hbond substituents is 1. The number of nitrogens with zero attached hydrogens (tertiary/aromatic N) is 2. The number of methoxy groups -OCH3 is 1. The van der Waals surface area contributed by atoms with E-state index in [0.29, 0.717) is 23.4 Å². The lowest BCUT2D eigenvalue weighted by Crippen LogP contribution is -2.63. The van der Waals surface area contributed by atoms with Crippen LogP contribution in [-0.2, 0) is 22.6 Å². The fourth-order valence-corrected chi connectivity index (χ4v) is 6.23. The van der Waals surface area contributed by atoms with Crippen LogP contribution in [0.2, 0.25) is 0 Å². The third-order valence-corrected chi connectivity index (χ3v) is 8.51. The molecule has 11 heteroatoms. The number of carbonyl (C=O) groups is 3. The molecule has 3 aliphatic carbocycles. The molecule has 0 aromatic heterocycles. The van der Waals surface area contributed by atoms with Gasteiger partial charge in [0.1, 0.15) is 28.6 Å². The Hall–Kier alpha value is -3.41. The number of primary amides is 1. The Balaban J connectivity index is 1.91. The van der Waals surface area contributed by atoms with Crippen LogP contribution < -0.4 is 10.5 Å². The quantitative estimate of drug-likeness (QED) is 0.341. The number of aliphatic hydroxyl groups excluding tert-OH is 2. The first-order chi connectivity index (χ1) is 18.0. The maximum atomic E-state index is 13.8. The summed E-state index contributed by atoms with van der Waals surface area (Å²) in [7, 11) is 6.60. The summed E-state index contributed by atoms with van der Waals surface area (Å²) in [6, 6.07) is 0.410. The van der Waals surface area contributed by atoms with E-state index in [1.165, 1.54) is 18.1 Å². The molecule has 11 nitrogen and oxygen atoms in total. The van der Waals surface area contributed by atoms with Crippen molar-refractivity contribution in [2.75, 3.05) is 28.3 Å². The highest BCUT2D eigenvalue weighted by atomic mass is 16.5. The van der Waals surface area contributed by atoms with Crippen LogP contribution in [-0.4, -0.2) is 93.1 Å². The highest BCUT2D eigenvalue weighted by molar-refractivity contribution is 6.24. The van der Waals surface area contributed by atoms with Crippen molar-refractivity contribution < 1.29 is 39.5 Å². The maximum Gasteiger partial charge on any atom is 0.255 e. The summed E-state index contributed by atoms with van der Waals surface area (Å²) in [5.41, 5.74) is 2.54. The van der Waals surface area contributed by atoms with Gasteiger partial charge in [0.2, 0.25) is 5.78 Å². The number of aliphatic hydroxyl groups is 3. The molecule has 0 fully saturated rings. The second kappa shape index (κ2) is 9.35. The van der Waals surface area contributed by atoms with E-state index in [4.69, 9.17) is 10.5 Å². The molecule has 1 aromatic rings. The average Bonchev–Trinajstić information content (AvgIpc) is 2.80. The van der Waals surface area contributed by atoms with Gasteiger partial charge in [0, 0.05) is 34.7 Å². The standard InChI is InChI=1S/C28H37N3O8/c1-27(2,3)31(6)11-13-10-16(32)18-14(23(13)39-7)8-12-9-15-20(30(4)5)22(34)19(26(29)37)25(36)28(15,38)24(35)17(12)21(18)33/h10,12,15,20,32,34-35,38H,8-9,11H2,1-7H3,(H2,29,37)/t12-,15-,20-,28-/m0/s1. The molecule has 0 saturated carbocycles. The number of phenols is 1. The van der Waals surface area contributed by atoms with Crippen LogP contribution in [0.25, 0.3) is 0 Å². The van der Waals surface area contributed by atoms with Gasteiger partial charge in [-0.15, -0.1) is 0 Å². The smallest absolute Gasteiger partial charge is 0.255 e. The van der Waals surface area contributed by atoms with Crippen molar-refractivity contribution in [2.45, 2.75) is 57.3 Å². The van der Waals surface area contributed by atoms with E-state index < -0.39 is 58.0 Å². The zero-order valence-corrected chi connectivity index (χ0v) is 23.3. The third-order valence-electron chi connectivity index (χ3n) is 8.51. The van der Waals surface area contributed by atoms with Gasteiger partial charge in [-0.2, -0.15) is 0 Å². The molecular formula is C28H37N3O8. The van der Waals surface area contributed by atoms with E-state index in [9.17, 15) is 34.8 Å². The number of ether oxygens (including phenoxy) is 1. The first-order valence-corrected chi connectivity index (χ1v) is 12.8. The second-order valence-electron chi connectivity index (χ2n) is 11.9. The predicted octanol–water partition coefficient (Wildman–Crippen LogP) is 1.36. The number of Topliss-reactive ketones (excluding diaryl/α,β-unsaturated/α-hetero) is 2. The maximum absolute atomic E-state index is 13.8. The number of hydrogen-bond acceptors (Lipinski definition) is 10. The lowest BCUT2D eigenvalue weighted by Gasteiger charge is -2.50. The van der Waals surface area contributed by atoms with Gasteiger partial charge >= 0.3 is 0 Å². The SMILES string of the molecule is COc1c(CN(C)C(C)(C)C)cc(O)c2c1C[C@H]1C[C@H]3[C@H](N(C)C)C(O)=C(C(N)=O)C(=O)[C@@]3(O)C(O)=C1C2=O. The molecule has 212 valence electrons. The fourth-order valence-electron chi connectivity index (χ4n) is 6.23. The molecule has 0 aliphatic heterocycles. The second-order valence-corrected chi connectivity index (χ2v) is 11.9. The number of aromatic hydroxyl groups is 1. The summed E-state index contributed by atoms with van der Waals surface area (Å²) >= 11 is 0. The Morgan fingerprint density at radius 1 is 1.18 bits per heavy atom. The highest BCUT2D eigenvalue weighted by Gasteiger charge is 2.63. The topological polar surface area (TPSA) is 174 Å². The largest absolute Gasteiger partial charge is 0.510 e. The molecule has 1 amide bonds. The lowest BCUT2D eigenvalue weighted by atomic mass is 9.58. The summed E-state index contributed by atoms with van der Waals surface area (Å²) < 4.78 is 5.75. The molecule has 0 unspecified atom stereocenters. The van der Waals surface area contributed by atoms with Gasteiger partial charge in [0.05, 0.1) is 18.7 Å². The number of likely N-dealkylation sites (N-methyl/N-ethyl adjacent to an activating group) is 1. The van der Waals surface area contributed by atoms with E-state index in [1.807, 2.05) is 27.8 Å². The summed E-state index contributed by atoms with van der Waals surface area (Å²) in [6.45, 7) is 6.56. The number of amides is 1. The van der Waals surface area contributed by atoms with Crippen molar-refractivity contribution in [3.8, 4) is 11.5 Å². The monoisotopic (exact) mass is 543 g/mol. The van der Waals surface area contributed by atoms with Crippen LogP contribution in [0, 0.1) is 11.8 Å². The number of fused-ring (bicyclic) bond motifs is 3. The number of benzene rings is 1. The van der Waals surface area contributed by atoms with Gasteiger partial charge in [-0.25, -0.2) is 0 Å². The molecule has 0 heterocycles. The van der Waals surface area contributed by atoms with E-state index in [1.54, 1.807) is 14.1 Å². The van der Waals surface area contributed by atoms with Crippen LogP contribution in [0.4, 0.5) is 0 Å². The molecule has 0 radical (unpaired) electrons. The Morgan fingerprint density at radius 3 is 2.31 bits per heavy atom. The van der Waals surface area contributed by atoms with Gasteiger partial charge in [-0.1, -0.05) is 0 Å². The number of allylic oxidation sites excluding steroid dienone is 1. The van der Waals surface area contributed by atoms with Gasteiger partial charge in [-0.3, -0.25) is 24.2 Å². The summed E-state index contributed by atoms with van der Waals surface area (Å²) in [5.74, 6) is -6.38. The molecule has 3 aliphatic rings. The van der Waals surface area contributed by atoms with Crippen molar-refractivity contribution >= 4 is 17.5 Å². The minimum atomic E-state index is -2.67. The lowest BCUT2D eigenvalue weighted by molar-refractivity contribution is -0.148. The van der Waals surface area contributed by atoms with Crippen LogP contribution in [0.1, 0.15) is 48.7 Å². The Morgan fingerprint density at radius 2 is 1.79 bits per heavy atom. The summed E-state index contributed by atoms with van der Waals surface area (Å²) in [4.78, 5) is 42.9. The molecule has 4 atom stereocenters. The summed E-state index contributed by atoms with van der Waals surface area (Å²) in [6.07, 6.45) is 0.181. The van der Waals surface area contributed by atoms with Crippen molar-refractivity contribution in [3.05, 3.63) is 45.4 Å². The first kappa shape index (κ1) is 28.6. The van der Waals surface area contributed by atoms with E-state index in [-0.39, 0.29) is 35.3 Å². The molecule has 6 N–H and O–H groups in total. The van der Waals surface area contributed by atoms with E-state index >= 15 is 0 Å². The third kappa shape index (κ3) is 4.11. The Kier molecular flexibility index (Phi) is 6.86. The molecule has 0 bridgehead atoms. The molecule has 39 heavy (non-hydrogen) atoms. The first-order valence-electron chi connectivity index (χ1n) is 12.8. The van der Waals surface area contributed by atoms with Crippen LogP contribution >= 0.6 is 0 Å².